The molecule has 2 heterocycles. The highest BCUT2D eigenvalue weighted by molar-refractivity contribution is 7.89. The standard InChI is InChI=1S/C21H23N3O8S/c1-29-16-7-6-14(33(27,28)24-8-10-30-11-9-24)12-15(16)20(25)22-23-21(26)19-13-31-17-4-2-3-5-18(17)32-19/h2-7,12,19H,8-11,13H2,1H3,(H,22,25)(H,23,26). The van der Waals surface area contributed by atoms with Crippen molar-refractivity contribution in [2.24, 2.45) is 0 Å². The highest BCUT2D eigenvalue weighted by Gasteiger charge is 2.30. The van der Waals surface area contributed by atoms with Crippen LogP contribution in [-0.4, -0.2) is 70.7 Å². The number of hydrogen-bond donors (Lipinski definition) is 2. The Morgan fingerprint density at radius 3 is 2.52 bits per heavy atom. The summed E-state index contributed by atoms with van der Waals surface area (Å²) in [5.74, 6) is -0.300. The van der Waals surface area contributed by atoms with E-state index in [-0.39, 0.29) is 35.9 Å². The summed E-state index contributed by atoms with van der Waals surface area (Å²) in [6, 6.07) is 10.9. The van der Waals surface area contributed by atoms with E-state index in [0.717, 1.165) is 0 Å². The largest absolute Gasteiger partial charge is 0.496 e. The van der Waals surface area contributed by atoms with Crippen molar-refractivity contribution in [2.45, 2.75) is 11.0 Å². The number of hydrogen-bond acceptors (Lipinski definition) is 8. The van der Waals surface area contributed by atoms with Crippen LogP contribution in [0.1, 0.15) is 10.4 Å². The van der Waals surface area contributed by atoms with Crippen LogP contribution in [0.4, 0.5) is 0 Å². The van der Waals surface area contributed by atoms with Gasteiger partial charge in [-0.1, -0.05) is 12.1 Å². The molecule has 2 aliphatic rings. The van der Waals surface area contributed by atoms with Gasteiger partial charge in [0.25, 0.3) is 11.8 Å². The van der Waals surface area contributed by atoms with Gasteiger partial charge in [0.05, 0.1) is 30.8 Å². The molecule has 1 atom stereocenters. The van der Waals surface area contributed by atoms with Crippen LogP contribution in [0, 0.1) is 0 Å². The molecule has 176 valence electrons. The molecule has 4 rings (SSSR count). The van der Waals surface area contributed by atoms with Gasteiger partial charge in [0.1, 0.15) is 12.4 Å². The van der Waals surface area contributed by atoms with Crippen LogP contribution < -0.4 is 25.1 Å². The number of sulfonamides is 1. The molecule has 0 bridgehead atoms. The number of amides is 2. The molecule has 33 heavy (non-hydrogen) atoms. The first kappa shape index (κ1) is 22.8. The van der Waals surface area contributed by atoms with Crippen LogP contribution in [0.15, 0.2) is 47.4 Å². The summed E-state index contributed by atoms with van der Waals surface area (Å²) in [6.07, 6.45) is -0.977. The fraction of sp³-hybridized carbons (Fsp3) is 0.333. The Bertz CT molecular complexity index is 1150. The average Bonchev–Trinajstić information content (AvgIpc) is 2.86. The molecule has 2 N–H and O–H groups in total. The Labute approximate surface area is 190 Å². The van der Waals surface area contributed by atoms with E-state index in [1.165, 1.54) is 29.6 Å². The molecule has 1 fully saturated rings. The SMILES string of the molecule is COc1ccc(S(=O)(=O)N2CCOCC2)cc1C(=O)NNC(=O)C1COc2ccccc2O1. The second-order valence-corrected chi connectivity index (χ2v) is 9.12. The lowest BCUT2D eigenvalue weighted by atomic mass is 10.2. The number of nitrogens with one attached hydrogen (secondary N) is 2. The Morgan fingerprint density at radius 1 is 1.06 bits per heavy atom. The fourth-order valence-electron chi connectivity index (χ4n) is 3.38. The normalized spacial score (nSPS) is 18.3. The maximum Gasteiger partial charge on any atom is 0.283 e. The molecule has 2 aliphatic heterocycles. The van der Waals surface area contributed by atoms with E-state index in [0.29, 0.717) is 24.7 Å². The van der Waals surface area contributed by atoms with Crippen molar-refractivity contribution in [1.82, 2.24) is 15.2 Å². The molecule has 11 nitrogen and oxygen atoms in total. The lowest BCUT2D eigenvalue weighted by Crippen LogP contribution is -2.50. The number of ether oxygens (including phenoxy) is 4. The minimum Gasteiger partial charge on any atom is -0.496 e. The molecule has 0 spiro atoms. The van der Waals surface area contributed by atoms with Crippen molar-refractivity contribution < 1.29 is 37.0 Å². The first-order valence-electron chi connectivity index (χ1n) is 10.1. The van der Waals surface area contributed by atoms with Crippen molar-refractivity contribution in [2.75, 3.05) is 40.0 Å². The van der Waals surface area contributed by atoms with Gasteiger partial charge < -0.3 is 18.9 Å². The number of rotatable bonds is 5. The van der Waals surface area contributed by atoms with Gasteiger partial charge in [0, 0.05) is 13.1 Å². The predicted octanol–water partition coefficient (Wildman–Crippen LogP) is 0.317. The number of carbonyl (C=O) groups is 2. The van der Waals surface area contributed by atoms with Crippen LogP contribution in [-0.2, 0) is 19.6 Å². The Kier molecular flexibility index (Phi) is 6.67. The van der Waals surface area contributed by atoms with E-state index < -0.39 is 27.9 Å². The average molecular weight is 477 g/mol. The molecule has 0 aromatic heterocycles. The minimum absolute atomic E-state index is 0.0324. The van der Waals surface area contributed by atoms with Gasteiger partial charge >= 0.3 is 0 Å². The molecule has 0 radical (unpaired) electrons. The summed E-state index contributed by atoms with van der Waals surface area (Å²) in [5, 5.41) is 0. The van der Waals surface area contributed by atoms with Gasteiger partial charge in [-0.15, -0.1) is 0 Å². The fourth-order valence-corrected chi connectivity index (χ4v) is 4.81. The Hall–Kier alpha value is -3.35. The maximum atomic E-state index is 12.9. The smallest absolute Gasteiger partial charge is 0.283 e. The summed E-state index contributed by atoms with van der Waals surface area (Å²) in [4.78, 5) is 25.1. The van der Waals surface area contributed by atoms with Crippen molar-refractivity contribution in [3.05, 3.63) is 48.0 Å². The van der Waals surface area contributed by atoms with Crippen molar-refractivity contribution in [3.8, 4) is 17.2 Å². The van der Waals surface area contributed by atoms with E-state index >= 15 is 0 Å². The molecule has 1 unspecified atom stereocenters. The second-order valence-electron chi connectivity index (χ2n) is 7.19. The number of carbonyl (C=O) groups excluding carboxylic acids is 2. The van der Waals surface area contributed by atoms with Crippen LogP contribution >= 0.6 is 0 Å². The van der Waals surface area contributed by atoms with E-state index in [9.17, 15) is 18.0 Å². The van der Waals surface area contributed by atoms with Crippen molar-refractivity contribution in [1.29, 1.82) is 0 Å². The highest BCUT2D eigenvalue weighted by atomic mass is 32.2. The zero-order valence-electron chi connectivity index (χ0n) is 17.8. The molecule has 0 aliphatic carbocycles. The van der Waals surface area contributed by atoms with Crippen molar-refractivity contribution in [3.63, 3.8) is 0 Å². The monoisotopic (exact) mass is 477 g/mol. The lowest BCUT2D eigenvalue weighted by molar-refractivity contribution is -0.131. The zero-order chi connectivity index (χ0) is 23.4. The number of hydrazine groups is 1. The van der Waals surface area contributed by atoms with Crippen LogP contribution in [0.25, 0.3) is 0 Å². The van der Waals surface area contributed by atoms with E-state index in [4.69, 9.17) is 18.9 Å². The first-order valence-corrected chi connectivity index (χ1v) is 11.6. The highest BCUT2D eigenvalue weighted by Crippen LogP contribution is 2.31. The van der Waals surface area contributed by atoms with Gasteiger partial charge in [0.2, 0.25) is 16.1 Å². The third kappa shape index (κ3) is 4.87. The van der Waals surface area contributed by atoms with E-state index in [1.54, 1.807) is 24.3 Å². The Balaban J connectivity index is 1.45. The molecular weight excluding hydrogens is 454 g/mol. The summed E-state index contributed by atoms with van der Waals surface area (Å²) >= 11 is 0. The van der Waals surface area contributed by atoms with Crippen molar-refractivity contribution >= 4 is 21.8 Å². The topological polar surface area (TPSA) is 132 Å². The lowest BCUT2D eigenvalue weighted by Gasteiger charge is -2.26. The quantitative estimate of drug-likeness (QED) is 0.589. The molecule has 2 amide bonds. The van der Waals surface area contributed by atoms with Gasteiger partial charge in [-0.25, -0.2) is 8.42 Å². The molecular formula is C21H23N3O8S. The maximum absolute atomic E-state index is 12.9. The number of benzene rings is 2. The van der Waals surface area contributed by atoms with Crippen LogP contribution in [0.2, 0.25) is 0 Å². The van der Waals surface area contributed by atoms with Gasteiger partial charge in [-0.05, 0) is 30.3 Å². The summed E-state index contributed by atoms with van der Waals surface area (Å²) in [6.45, 7) is 1.00. The van der Waals surface area contributed by atoms with Crippen LogP contribution in [0.5, 0.6) is 17.2 Å². The third-order valence-corrected chi connectivity index (χ3v) is 7.02. The zero-order valence-corrected chi connectivity index (χ0v) is 18.6. The second kappa shape index (κ2) is 9.65. The number of morpholine rings is 1. The number of nitrogens with zero attached hydrogens (tertiary/aromatic N) is 1. The van der Waals surface area contributed by atoms with Gasteiger partial charge in [-0.2, -0.15) is 4.31 Å². The summed E-state index contributed by atoms with van der Waals surface area (Å²) in [7, 11) is -2.47. The first-order chi connectivity index (χ1) is 15.9. The molecule has 2 aromatic rings. The van der Waals surface area contributed by atoms with E-state index in [1.807, 2.05) is 0 Å². The van der Waals surface area contributed by atoms with Gasteiger partial charge in [0.15, 0.2) is 11.5 Å². The Morgan fingerprint density at radius 2 is 1.79 bits per heavy atom. The summed E-state index contributed by atoms with van der Waals surface area (Å²) in [5.41, 5.74) is 4.49. The number of methoxy groups -OCH3 is 1. The van der Waals surface area contributed by atoms with E-state index in [2.05, 4.69) is 10.9 Å². The third-order valence-electron chi connectivity index (χ3n) is 5.12. The van der Waals surface area contributed by atoms with Gasteiger partial charge in [-0.3, -0.25) is 20.4 Å². The molecule has 0 saturated carbocycles. The van der Waals surface area contributed by atoms with Crippen LogP contribution in [0.3, 0.4) is 0 Å². The number of fused-ring (bicyclic) bond motifs is 1. The molecule has 12 heteroatoms. The minimum atomic E-state index is -3.83. The number of para-hydroxylation sites is 2. The summed E-state index contributed by atoms with van der Waals surface area (Å²) < 4.78 is 48.7. The molecule has 1 saturated heterocycles. The molecule has 2 aromatic carbocycles. The predicted molar refractivity (Wildman–Crippen MR) is 115 cm³/mol.